The molecule has 2 aromatic rings. The van der Waals surface area contributed by atoms with E-state index >= 15 is 0 Å². The molecule has 0 aliphatic heterocycles. The van der Waals surface area contributed by atoms with E-state index < -0.39 is 5.91 Å². The van der Waals surface area contributed by atoms with E-state index in [-0.39, 0.29) is 0 Å². The van der Waals surface area contributed by atoms with Crippen LogP contribution in [0.15, 0.2) is 21.6 Å². The molecule has 1 aromatic carbocycles. The highest BCUT2D eigenvalue weighted by atomic mass is 79.9. The van der Waals surface area contributed by atoms with Crippen LogP contribution in [0.3, 0.4) is 0 Å². The van der Waals surface area contributed by atoms with E-state index in [0.29, 0.717) is 22.1 Å². The van der Waals surface area contributed by atoms with Crippen molar-refractivity contribution in [2.24, 2.45) is 10.7 Å². The summed E-state index contributed by atoms with van der Waals surface area (Å²) in [5, 5.41) is 0.674. The molecule has 0 spiro atoms. The Morgan fingerprint density at radius 1 is 1.24 bits per heavy atom. The van der Waals surface area contributed by atoms with Crippen LogP contribution < -0.4 is 15.2 Å². The Hall–Kier alpha value is -1.86. The number of nitrogens with zero attached hydrogens (tertiary/aromatic N) is 1. The molecule has 0 radical (unpaired) electrons. The summed E-state index contributed by atoms with van der Waals surface area (Å²) in [5.74, 6) is 0.915. The minimum atomic E-state index is -0.408. The van der Waals surface area contributed by atoms with Crippen LogP contribution in [0.5, 0.6) is 11.5 Å². The number of methoxy groups -OCH3 is 2. The van der Waals surface area contributed by atoms with Crippen molar-refractivity contribution in [2.75, 3.05) is 14.2 Å². The standard InChI is InChI=1S/C18H19BrN2O3S/c1-23-13-8-14(24-2)12(19)7-10(13)9-21-18-16(17(20)22)11-5-3-4-6-15(11)25-18/h7-9H,3-6H2,1-2H3,(H2,20,22). The fraction of sp³-hybridized carbons (Fsp3) is 0.333. The van der Waals surface area contributed by atoms with Gasteiger partial charge in [-0.25, -0.2) is 4.99 Å². The number of carbonyl (C=O) groups is 1. The topological polar surface area (TPSA) is 73.9 Å². The minimum Gasteiger partial charge on any atom is -0.496 e. The van der Waals surface area contributed by atoms with Gasteiger partial charge in [-0.1, -0.05) is 0 Å². The van der Waals surface area contributed by atoms with Gasteiger partial charge in [0.05, 0.1) is 24.3 Å². The molecule has 0 bridgehead atoms. The maximum absolute atomic E-state index is 11.9. The molecule has 0 saturated carbocycles. The Bertz CT molecular complexity index is 845. The van der Waals surface area contributed by atoms with E-state index in [1.54, 1.807) is 37.8 Å². The van der Waals surface area contributed by atoms with Crippen LogP contribution in [-0.4, -0.2) is 26.3 Å². The minimum absolute atomic E-state index is 0.408. The van der Waals surface area contributed by atoms with Crippen LogP contribution in [0.2, 0.25) is 0 Å². The number of aliphatic imine (C=N–C) groups is 1. The molecule has 0 fully saturated rings. The van der Waals surface area contributed by atoms with Gasteiger partial charge in [-0.05, 0) is 53.2 Å². The van der Waals surface area contributed by atoms with Gasteiger partial charge in [-0.15, -0.1) is 11.3 Å². The van der Waals surface area contributed by atoms with Crippen molar-refractivity contribution in [3.63, 3.8) is 0 Å². The van der Waals surface area contributed by atoms with Crippen LogP contribution in [0, 0.1) is 0 Å². The Balaban J connectivity index is 2.02. The summed E-state index contributed by atoms with van der Waals surface area (Å²) < 4.78 is 11.5. The third-order valence-corrected chi connectivity index (χ3v) is 6.04. The number of benzene rings is 1. The first-order valence-corrected chi connectivity index (χ1v) is 9.56. The molecule has 0 atom stereocenters. The molecule has 3 rings (SSSR count). The van der Waals surface area contributed by atoms with Gasteiger partial charge in [0, 0.05) is 22.7 Å². The molecule has 25 heavy (non-hydrogen) atoms. The van der Waals surface area contributed by atoms with Crippen molar-refractivity contribution in [1.29, 1.82) is 0 Å². The van der Waals surface area contributed by atoms with Gasteiger partial charge >= 0.3 is 0 Å². The summed E-state index contributed by atoms with van der Waals surface area (Å²) >= 11 is 5.03. The molecule has 1 aromatic heterocycles. The molecule has 0 saturated heterocycles. The molecular weight excluding hydrogens is 404 g/mol. The molecule has 2 N–H and O–H groups in total. The largest absolute Gasteiger partial charge is 0.496 e. The Morgan fingerprint density at radius 3 is 2.64 bits per heavy atom. The molecule has 0 unspecified atom stereocenters. The van der Waals surface area contributed by atoms with Crippen molar-refractivity contribution < 1.29 is 14.3 Å². The second kappa shape index (κ2) is 7.58. The number of rotatable bonds is 5. The molecule has 132 valence electrons. The van der Waals surface area contributed by atoms with Gasteiger partial charge in [0.2, 0.25) is 0 Å². The number of halogens is 1. The highest BCUT2D eigenvalue weighted by Crippen LogP contribution is 2.40. The lowest BCUT2D eigenvalue weighted by Crippen LogP contribution is -2.14. The van der Waals surface area contributed by atoms with Crippen LogP contribution in [0.1, 0.15) is 39.2 Å². The van der Waals surface area contributed by atoms with E-state index in [1.807, 2.05) is 6.07 Å². The monoisotopic (exact) mass is 422 g/mol. The van der Waals surface area contributed by atoms with E-state index in [1.165, 1.54) is 4.88 Å². The zero-order valence-corrected chi connectivity index (χ0v) is 16.5. The summed E-state index contributed by atoms with van der Waals surface area (Å²) in [5.41, 5.74) is 8.06. The van der Waals surface area contributed by atoms with E-state index in [9.17, 15) is 4.79 Å². The lowest BCUT2D eigenvalue weighted by molar-refractivity contribution is 0.100. The highest BCUT2D eigenvalue weighted by Gasteiger charge is 2.23. The number of nitrogens with two attached hydrogens (primary N) is 1. The second-order valence-corrected chi connectivity index (χ2v) is 7.68. The molecule has 1 aliphatic carbocycles. The summed E-state index contributed by atoms with van der Waals surface area (Å²) in [6, 6.07) is 3.67. The molecule has 1 heterocycles. The lowest BCUT2D eigenvalue weighted by Gasteiger charge is -2.10. The second-order valence-electron chi connectivity index (χ2n) is 5.74. The number of thiophene rings is 1. The zero-order chi connectivity index (χ0) is 18.0. The van der Waals surface area contributed by atoms with Crippen LogP contribution >= 0.6 is 27.3 Å². The van der Waals surface area contributed by atoms with Gasteiger partial charge in [0.1, 0.15) is 16.5 Å². The first kappa shape index (κ1) is 17.9. The van der Waals surface area contributed by atoms with Gasteiger partial charge in [0.25, 0.3) is 5.91 Å². The molecule has 5 nitrogen and oxygen atoms in total. The average Bonchev–Trinajstić information content (AvgIpc) is 2.98. The average molecular weight is 423 g/mol. The lowest BCUT2D eigenvalue weighted by atomic mass is 9.95. The number of primary amides is 1. The Morgan fingerprint density at radius 2 is 1.96 bits per heavy atom. The fourth-order valence-electron chi connectivity index (χ4n) is 3.01. The Labute approximate surface area is 159 Å². The van der Waals surface area contributed by atoms with Crippen LogP contribution in [0.4, 0.5) is 5.00 Å². The number of aryl methyl sites for hydroxylation is 1. The zero-order valence-electron chi connectivity index (χ0n) is 14.1. The van der Waals surface area contributed by atoms with Crippen LogP contribution in [-0.2, 0) is 12.8 Å². The highest BCUT2D eigenvalue weighted by molar-refractivity contribution is 9.10. The van der Waals surface area contributed by atoms with Crippen molar-refractivity contribution in [3.8, 4) is 11.5 Å². The van der Waals surface area contributed by atoms with E-state index in [0.717, 1.165) is 41.3 Å². The molecular formula is C18H19BrN2O3S. The molecule has 1 amide bonds. The summed E-state index contributed by atoms with van der Waals surface area (Å²) in [6.45, 7) is 0. The summed E-state index contributed by atoms with van der Waals surface area (Å²) in [4.78, 5) is 17.7. The van der Waals surface area contributed by atoms with Gasteiger partial charge in [0.15, 0.2) is 0 Å². The number of carbonyl (C=O) groups excluding carboxylic acids is 1. The quantitative estimate of drug-likeness (QED) is 0.731. The smallest absolute Gasteiger partial charge is 0.252 e. The predicted molar refractivity (Wildman–Crippen MR) is 104 cm³/mol. The summed E-state index contributed by atoms with van der Waals surface area (Å²) in [6.07, 6.45) is 5.83. The van der Waals surface area contributed by atoms with Gasteiger partial charge in [-0.3, -0.25) is 4.79 Å². The molecule has 7 heteroatoms. The van der Waals surface area contributed by atoms with E-state index in [4.69, 9.17) is 15.2 Å². The predicted octanol–water partition coefficient (Wildman–Crippen LogP) is 4.26. The summed E-state index contributed by atoms with van der Waals surface area (Å²) in [7, 11) is 3.20. The SMILES string of the molecule is COc1cc(OC)c(C=Nc2sc3c(c2C(N)=O)CCCC3)cc1Br. The maximum atomic E-state index is 11.9. The van der Waals surface area contributed by atoms with Crippen molar-refractivity contribution in [2.45, 2.75) is 25.7 Å². The maximum Gasteiger partial charge on any atom is 0.252 e. The third kappa shape index (κ3) is 3.57. The number of hydrogen-bond donors (Lipinski definition) is 1. The van der Waals surface area contributed by atoms with Crippen molar-refractivity contribution in [1.82, 2.24) is 0 Å². The Kier molecular flexibility index (Phi) is 5.44. The molecule has 1 aliphatic rings. The number of fused-ring (bicyclic) bond motifs is 1. The first-order chi connectivity index (χ1) is 12.0. The third-order valence-electron chi connectivity index (χ3n) is 4.22. The normalized spacial score (nSPS) is 13.7. The number of amides is 1. The van der Waals surface area contributed by atoms with Crippen LogP contribution in [0.25, 0.3) is 0 Å². The number of ether oxygens (including phenoxy) is 2. The van der Waals surface area contributed by atoms with Crippen molar-refractivity contribution in [3.05, 3.63) is 38.2 Å². The van der Waals surface area contributed by atoms with E-state index in [2.05, 4.69) is 20.9 Å². The fourth-order valence-corrected chi connectivity index (χ4v) is 4.77. The first-order valence-electron chi connectivity index (χ1n) is 7.95. The van der Waals surface area contributed by atoms with Gasteiger partial charge < -0.3 is 15.2 Å². The van der Waals surface area contributed by atoms with Crippen molar-refractivity contribution >= 4 is 44.4 Å². The number of hydrogen-bond acceptors (Lipinski definition) is 5. The van der Waals surface area contributed by atoms with Gasteiger partial charge in [-0.2, -0.15) is 0 Å².